The zero-order chi connectivity index (χ0) is 21.3. The summed E-state index contributed by atoms with van der Waals surface area (Å²) in [4.78, 5) is 7.37. The summed E-state index contributed by atoms with van der Waals surface area (Å²) in [7, 11) is -3.27. The average molecular weight is 427 g/mol. The molecule has 3 heterocycles. The first-order valence-electron chi connectivity index (χ1n) is 7.77. The number of nitriles is 1. The Balaban J connectivity index is 2.06. The van der Waals surface area contributed by atoms with Gasteiger partial charge in [0.2, 0.25) is 5.88 Å². The quantitative estimate of drug-likeness (QED) is 0.642. The maximum Gasteiger partial charge on any atom is 0.388 e. The van der Waals surface area contributed by atoms with Gasteiger partial charge >= 0.3 is 6.61 Å². The van der Waals surface area contributed by atoms with Crippen molar-refractivity contribution < 1.29 is 31.1 Å². The minimum Gasteiger partial charge on any atom is -0.479 e. The van der Waals surface area contributed by atoms with Crippen molar-refractivity contribution in [2.24, 2.45) is 0 Å². The van der Waals surface area contributed by atoms with Gasteiger partial charge in [0.15, 0.2) is 16.5 Å². The monoisotopic (exact) mass is 427 g/mol. The van der Waals surface area contributed by atoms with E-state index in [1.165, 1.54) is 16.7 Å². The lowest BCUT2D eigenvalue weighted by molar-refractivity contribution is -0.0555. The highest BCUT2D eigenvalue weighted by Crippen LogP contribution is 2.31. The largest absolute Gasteiger partial charge is 0.479 e. The summed E-state index contributed by atoms with van der Waals surface area (Å²) < 4.78 is 76.2. The summed E-state index contributed by atoms with van der Waals surface area (Å²) in [6, 6.07) is 4.07. The number of halogens is 3. The molecule has 9 nitrogen and oxygen atoms in total. The topological polar surface area (TPSA) is 119 Å². The van der Waals surface area contributed by atoms with Gasteiger partial charge in [-0.05, 0) is 18.6 Å². The number of aromatic nitrogens is 3. The van der Waals surface area contributed by atoms with Gasteiger partial charge in [0.25, 0.3) is 15.9 Å². The van der Waals surface area contributed by atoms with Crippen LogP contribution in [0.1, 0.15) is 11.1 Å². The lowest BCUT2D eigenvalue weighted by atomic mass is 10.2. The summed E-state index contributed by atoms with van der Waals surface area (Å²) >= 11 is 0. The molecule has 152 valence electrons. The Morgan fingerprint density at radius 2 is 2.07 bits per heavy atom. The number of anilines is 1. The van der Waals surface area contributed by atoms with Gasteiger partial charge in [0, 0.05) is 12.3 Å². The number of methoxy groups -OCH3 is 1. The van der Waals surface area contributed by atoms with Crippen LogP contribution in [0.25, 0.3) is 5.65 Å². The summed E-state index contributed by atoms with van der Waals surface area (Å²) in [6.07, 6.45) is 2.42. The second-order valence-electron chi connectivity index (χ2n) is 5.59. The molecule has 0 aliphatic rings. The van der Waals surface area contributed by atoms with Crippen LogP contribution in [-0.2, 0) is 10.0 Å². The first kappa shape index (κ1) is 20.2. The lowest BCUT2D eigenvalue weighted by Gasteiger charge is -2.13. The smallest absolute Gasteiger partial charge is 0.388 e. The van der Waals surface area contributed by atoms with E-state index in [1.807, 2.05) is 6.07 Å². The number of nitrogens with one attached hydrogen (secondary N) is 1. The van der Waals surface area contributed by atoms with E-state index in [-0.39, 0.29) is 16.2 Å². The molecule has 0 saturated carbocycles. The zero-order valence-electron chi connectivity index (χ0n) is 14.9. The van der Waals surface area contributed by atoms with Crippen LogP contribution in [0.15, 0.2) is 29.6 Å². The standard InChI is InChI=1S/C16H12F3N5O4S/c1-8-3-4-24-12(7-21-13(24)9(8)6-20)29(25,26)23-11-5-10(17)14(28-16(18)19)22-15(11)27-2/h3-5,7,16,23H,1-2H3. The molecule has 13 heteroatoms. The molecule has 0 saturated heterocycles. The third-order valence-electron chi connectivity index (χ3n) is 3.79. The number of pyridine rings is 2. The molecule has 0 bridgehead atoms. The van der Waals surface area contributed by atoms with Crippen LogP contribution in [0.2, 0.25) is 0 Å². The number of hydrogen-bond acceptors (Lipinski definition) is 7. The van der Waals surface area contributed by atoms with Crippen molar-refractivity contribution in [3.05, 3.63) is 41.5 Å². The molecule has 0 fully saturated rings. The van der Waals surface area contributed by atoms with E-state index >= 15 is 0 Å². The predicted molar refractivity (Wildman–Crippen MR) is 92.8 cm³/mol. The van der Waals surface area contributed by atoms with E-state index in [9.17, 15) is 26.9 Å². The number of nitrogens with zero attached hydrogens (tertiary/aromatic N) is 4. The van der Waals surface area contributed by atoms with Crippen LogP contribution >= 0.6 is 0 Å². The number of hydrogen-bond donors (Lipinski definition) is 1. The molecule has 3 aromatic heterocycles. The van der Waals surface area contributed by atoms with Gasteiger partial charge < -0.3 is 9.47 Å². The summed E-state index contributed by atoms with van der Waals surface area (Å²) in [5.41, 5.74) is 0.455. The zero-order valence-corrected chi connectivity index (χ0v) is 15.7. The highest BCUT2D eigenvalue weighted by Gasteiger charge is 2.25. The van der Waals surface area contributed by atoms with Gasteiger partial charge in [-0.15, -0.1) is 0 Å². The number of alkyl halides is 2. The predicted octanol–water partition coefficient (Wildman–Crippen LogP) is 2.46. The second-order valence-corrected chi connectivity index (χ2v) is 7.22. The molecule has 3 aromatic rings. The van der Waals surface area contributed by atoms with E-state index in [1.54, 1.807) is 6.92 Å². The molecule has 1 N–H and O–H groups in total. The molecule has 3 rings (SSSR count). The molecule has 0 aliphatic heterocycles. The molecule has 0 radical (unpaired) electrons. The van der Waals surface area contributed by atoms with Gasteiger partial charge in [-0.3, -0.25) is 9.12 Å². The molecule has 0 spiro atoms. The van der Waals surface area contributed by atoms with E-state index in [4.69, 9.17) is 4.74 Å². The Morgan fingerprint density at radius 1 is 1.34 bits per heavy atom. The van der Waals surface area contributed by atoms with Crippen molar-refractivity contribution in [3.8, 4) is 17.8 Å². The Hall–Kier alpha value is -3.53. The van der Waals surface area contributed by atoms with Crippen LogP contribution in [0.5, 0.6) is 11.8 Å². The van der Waals surface area contributed by atoms with Gasteiger partial charge in [-0.25, -0.2) is 9.37 Å². The van der Waals surface area contributed by atoms with Crippen molar-refractivity contribution >= 4 is 21.4 Å². The Kier molecular flexibility index (Phi) is 5.21. The minimum absolute atomic E-state index is 0.116. The van der Waals surface area contributed by atoms with Crippen LogP contribution in [0.4, 0.5) is 18.9 Å². The lowest BCUT2D eigenvalue weighted by Crippen LogP contribution is -2.17. The number of sulfonamides is 1. The Bertz CT molecular complexity index is 1240. The molecule has 0 unspecified atom stereocenters. The molecule has 0 atom stereocenters. The Morgan fingerprint density at radius 3 is 2.69 bits per heavy atom. The molecule has 0 amide bonds. The number of ether oxygens (including phenoxy) is 2. The van der Waals surface area contributed by atoms with E-state index < -0.39 is 39.9 Å². The number of rotatable bonds is 6. The SMILES string of the molecule is COc1nc(OC(F)F)c(F)cc1NS(=O)(=O)c1cnc2c(C#N)c(C)ccn12. The fourth-order valence-corrected chi connectivity index (χ4v) is 3.64. The maximum absolute atomic E-state index is 14.0. The van der Waals surface area contributed by atoms with Crippen molar-refractivity contribution in [2.75, 3.05) is 11.8 Å². The molecular formula is C16H12F3N5O4S. The molecule has 0 aromatic carbocycles. The van der Waals surface area contributed by atoms with Crippen molar-refractivity contribution in [1.82, 2.24) is 14.4 Å². The summed E-state index contributed by atoms with van der Waals surface area (Å²) in [5.74, 6) is -2.87. The summed E-state index contributed by atoms with van der Waals surface area (Å²) in [5, 5.41) is 8.90. The van der Waals surface area contributed by atoms with Gasteiger partial charge in [-0.1, -0.05) is 0 Å². The highest BCUT2D eigenvalue weighted by atomic mass is 32.2. The normalized spacial score (nSPS) is 11.5. The summed E-state index contributed by atoms with van der Waals surface area (Å²) in [6.45, 7) is -1.66. The third kappa shape index (κ3) is 3.74. The number of imidazole rings is 1. The number of aryl methyl sites for hydroxylation is 1. The fourth-order valence-electron chi connectivity index (χ4n) is 2.51. The van der Waals surface area contributed by atoms with Gasteiger partial charge in [0.05, 0.1) is 18.9 Å². The van der Waals surface area contributed by atoms with E-state index in [0.717, 1.165) is 13.3 Å². The van der Waals surface area contributed by atoms with Gasteiger partial charge in [0.1, 0.15) is 11.8 Å². The van der Waals surface area contributed by atoms with Crippen LogP contribution in [0, 0.1) is 24.1 Å². The Labute approximate surface area is 162 Å². The first-order valence-corrected chi connectivity index (χ1v) is 9.25. The first-order chi connectivity index (χ1) is 13.7. The third-order valence-corrected chi connectivity index (χ3v) is 5.13. The van der Waals surface area contributed by atoms with Crippen molar-refractivity contribution in [1.29, 1.82) is 5.26 Å². The highest BCUT2D eigenvalue weighted by molar-refractivity contribution is 7.92. The molecule has 0 aliphatic carbocycles. The van der Waals surface area contributed by atoms with E-state index in [2.05, 4.69) is 19.4 Å². The second kappa shape index (κ2) is 7.47. The van der Waals surface area contributed by atoms with Crippen molar-refractivity contribution in [3.63, 3.8) is 0 Å². The average Bonchev–Trinajstić information content (AvgIpc) is 3.08. The van der Waals surface area contributed by atoms with E-state index in [0.29, 0.717) is 11.6 Å². The maximum atomic E-state index is 14.0. The fraction of sp³-hybridized carbons (Fsp3) is 0.188. The minimum atomic E-state index is -4.35. The van der Waals surface area contributed by atoms with Crippen LogP contribution < -0.4 is 14.2 Å². The van der Waals surface area contributed by atoms with Crippen LogP contribution in [0.3, 0.4) is 0 Å². The molecule has 29 heavy (non-hydrogen) atoms. The number of fused-ring (bicyclic) bond motifs is 1. The van der Waals surface area contributed by atoms with Crippen molar-refractivity contribution in [2.45, 2.75) is 18.6 Å². The van der Waals surface area contributed by atoms with Gasteiger partial charge in [-0.2, -0.15) is 27.4 Å². The van der Waals surface area contributed by atoms with Crippen LogP contribution in [-0.4, -0.2) is 36.5 Å². The molecular weight excluding hydrogens is 415 g/mol.